The second-order valence-corrected chi connectivity index (χ2v) is 9.28. The molecule has 21 heavy (non-hydrogen) atoms. The summed E-state index contributed by atoms with van der Waals surface area (Å²) in [7, 11) is 0. The van der Waals surface area contributed by atoms with Gasteiger partial charge in [-0.1, -0.05) is 81.2 Å². The van der Waals surface area contributed by atoms with E-state index in [0.29, 0.717) is 16.2 Å². The molecule has 0 bridgehead atoms. The minimum absolute atomic E-state index is 0.369. The van der Waals surface area contributed by atoms with Crippen LogP contribution in [0.15, 0.2) is 24.3 Å². The van der Waals surface area contributed by atoms with Gasteiger partial charge in [0.1, 0.15) is 0 Å². The van der Waals surface area contributed by atoms with Crippen LogP contribution >= 0.6 is 15.9 Å². The molecule has 3 unspecified atom stereocenters. The summed E-state index contributed by atoms with van der Waals surface area (Å²) in [5, 5.41) is 0. The molecule has 1 aromatic rings. The maximum atomic E-state index is 3.97. The van der Waals surface area contributed by atoms with Crippen LogP contribution in [0.4, 0.5) is 0 Å². The molecular formula is C20H31Br. The van der Waals surface area contributed by atoms with E-state index in [0.717, 1.165) is 11.8 Å². The van der Waals surface area contributed by atoms with Gasteiger partial charge in [-0.15, -0.1) is 0 Å². The second-order valence-electron chi connectivity index (χ2n) is 8.10. The Hall–Kier alpha value is -0.300. The highest BCUT2D eigenvalue weighted by Gasteiger charge is 2.37. The van der Waals surface area contributed by atoms with Crippen LogP contribution in [0.2, 0.25) is 0 Å². The Morgan fingerprint density at radius 2 is 1.76 bits per heavy atom. The average molecular weight is 351 g/mol. The van der Waals surface area contributed by atoms with E-state index >= 15 is 0 Å². The van der Waals surface area contributed by atoms with Crippen molar-refractivity contribution in [3.63, 3.8) is 0 Å². The second kappa shape index (κ2) is 6.86. The number of halogens is 1. The molecule has 1 saturated carbocycles. The molecule has 0 aromatic heterocycles. The molecule has 1 aromatic carbocycles. The van der Waals surface area contributed by atoms with Gasteiger partial charge < -0.3 is 0 Å². The van der Waals surface area contributed by atoms with Crippen LogP contribution < -0.4 is 0 Å². The number of benzene rings is 1. The van der Waals surface area contributed by atoms with E-state index in [-0.39, 0.29) is 0 Å². The fraction of sp³-hybridized carbons (Fsp3) is 0.700. The molecule has 1 heteroatoms. The fourth-order valence-electron chi connectivity index (χ4n) is 3.87. The Kier molecular flexibility index (Phi) is 5.57. The van der Waals surface area contributed by atoms with Crippen molar-refractivity contribution in [2.45, 2.75) is 71.0 Å². The van der Waals surface area contributed by atoms with Crippen LogP contribution in [-0.4, -0.2) is 4.83 Å². The van der Waals surface area contributed by atoms with Gasteiger partial charge in [0.15, 0.2) is 0 Å². The van der Waals surface area contributed by atoms with E-state index in [1.807, 2.05) is 0 Å². The normalized spacial score (nSPS) is 27.1. The molecule has 0 saturated heterocycles. The van der Waals surface area contributed by atoms with E-state index < -0.39 is 0 Å². The van der Waals surface area contributed by atoms with Crippen LogP contribution in [0.1, 0.15) is 70.9 Å². The summed E-state index contributed by atoms with van der Waals surface area (Å²) in [4.78, 5) is 0.686. The molecule has 0 spiro atoms. The van der Waals surface area contributed by atoms with Gasteiger partial charge >= 0.3 is 0 Å². The summed E-state index contributed by atoms with van der Waals surface area (Å²) in [5.41, 5.74) is 3.30. The van der Waals surface area contributed by atoms with Crippen molar-refractivity contribution in [3.8, 4) is 0 Å². The molecule has 1 aliphatic carbocycles. The van der Waals surface area contributed by atoms with Crippen molar-refractivity contribution in [2.24, 2.45) is 17.3 Å². The maximum absolute atomic E-state index is 3.97. The van der Waals surface area contributed by atoms with Crippen LogP contribution in [0.3, 0.4) is 0 Å². The quantitative estimate of drug-likeness (QED) is 0.538. The Labute approximate surface area is 139 Å². The van der Waals surface area contributed by atoms with Crippen molar-refractivity contribution < 1.29 is 0 Å². The topological polar surface area (TPSA) is 0 Å². The first-order chi connectivity index (χ1) is 9.79. The standard InChI is InChI=1S/C20H31Br/c1-14(2)17-9-7-16(8-10-17)13-20(4,5)18-11-6-15(3)12-19(18)21/h7-10,14-15,18-19H,6,11-13H2,1-5H3. The van der Waals surface area contributed by atoms with Crippen molar-refractivity contribution >= 4 is 15.9 Å². The number of alkyl halides is 1. The molecule has 0 N–H and O–H groups in total. The molecule has 0 heterocycles. The summed E-state index contributed by atoms with van der Waals surface area (Å²) < 4.78 is 0. The van der Waals surface area contributed by atoms with Gasteiger partial charge in [-0.05, 0) is 53.6 Å². The first-order valence-corrected chi connectivity index (χ1v) is 9.44. The van der Waals surface area contributed by atoms with Crippen LogP contribution in [-0.2, 0) is 6.42 Å². The summed E-state index contributed by atoms with van der Waals surface area (Å²) in [6, 6.07) is 9.30. The molecule has 3 atom stereocenters. The van der Waals surface area contributed by atoms with E-state index in [4.69, 9.17) is 0 Å². The first-order valence-electron chi connectivity index (χ1n) is 8.52. The van der Waals surface area contributed by atoms with Crippen molar-refractivity contribution in [1.29, 1.82) is 0 Å². The Morgan fingerprint density at radius 1 is 1.14 bits per heavy atom. The zero-order valence-electron chi connectivity index (χ0n) is 14.3. The number of rotatable bonds is 4. The van der Waals surface area contributed by atoms with E-state index in [2.05, 4.69) is 74.8 Å². The largest absolute Gasteiger partial charge is 0.0887 e. The van der Waals surface area contributed by atoms with Gasteiger partial charge in [0.25, 0.3) is 0 Å². The molecule has 0 aliphatic heterocycles. The van der Waals surface area contributed by atoms with Gasteiger partial charge in [0.05, 0.1) is 0 Å². The van der Waals surface area contributed by atoms with Crippen LogP contribution in [0.25, 0.3) is 0 Å². The van der Waals surface area contributed by atoms with Crippen LogP contribution in [0, 0.1) is 17.3 Å². The van der Waals surface area contributed by atoms with Crippen molar-refractivity contribution in [1.82, 2.24) is 0 Å². The van der Waals surface area contributed by atoms with E-state index in [1.165, 1.54) is 36.8 Å². The average Bonchev–Trinajstić information content (AvgIpc) is 2.38. The minimum atomic E-state index is 0.369. The highest BCUT2D eigenvalue weighted by Crippen LogP contribution is 2.45. The highest BCUT2D eigenvalue weighted by atomic mass is 79.9. The van der Waals surface area contributed by atoms with E-state index in [9.17, 15) is 0 Å². The predicted octanol–water partition coefficient (Wildman–Crippen LogP) is 6.58. The zero-order chi connectivity index (χ0) is 15.6. The third-order valence-electron chi connectivity index (χ3n) is 5.34. The minimum Gasteiger partial charge on any atom is -0.0887 e. The molecule has 1 aliphatic rings. The molecular weight excluding hydrogens is 320 g/mol. The summed E-state index contributed by atoms with van der Waals surface area (Å²) in [6.07, 6.45) is 5.28. The molecule has 118 valence electrons. The fourth-order valence-corrected chi connectivity index (χ4v) is 5.49. The SMILES string of the molecule is CC1CCC(C(C)(C)Cc2ccc(C(C)C)cc2)C(Br)C1. The molecule has 2 rings (SSSR count). The summed E-state index contributed by atoms with van der Waals surface area (Å²) >= 11 is 3.97. The molecule has 0 amide bonds. The predicted molar refractivity (Wildman–Crippen MR) is 97.2 cm³/mol. The lowest BCUT2D eigenvalue weighted by molar-refractivity contribution is 0.147. The number of hydrogen-bond donors (Lipinski definition) is 0. The summed E-state index contributed by atoms with van der Waals surface area (Å²) in [5.74, 6) is 2.30. The maximum Gasteiger partial charge on any atom is 0.0181 e. The van der Waals surface area contributed by atoms with Crippen LogP contribution in [0.5, 0.6) is 0 Å². The lowest BCUT2D eigenvalue weighted by atomic mass is 9.66. The summed E-state index contributed by atoms with van der Waals surface area (Å²) in [6.45, 7) is 11.8. The van der Waals surface area contributed by atoms with Gasteiger partial charge in [0, 0.05) is 4.83 Å². The molecule has 0 nitrogen and oxygen atoms in total. The highest BCUT2D eigenvalue weighted by molar-refractivity contribution is 9.09. The Bertz CT molecular complexity index is 443. The van der Waals surface area contributed by atoms with Gasteiger partial charge in [0.2, 0.25) is 0 Å². The lowest BCUT2D eigenvalue weighted by Gasteiger charge is -2.42. The smallest absolute Gasteiger partial charge is 0.0181 e. The van der Waals surface area contributed by atoms with E-state index in [1.54, 1.807) is 0 Å². The zero-order valence-corrected chi connectivity index (χ0v) is 15.9. The third kappa shape index (κ3) is 4.34. The Balaban J connectivity index is 2.06. The third-order valence-corrected chi connectivity index (χ3v) is 6.36. The monoisotopic (exact) mass is 350 g/mol. The molecule has 1 fully saturated rings. The van der Waals surface area contributed by atoms with Crippen molar-refractivity contribution in [2.75, 3.05) is 0 Å². The van der Waals surface area contributed by atoms with Gasteiger partial charge in [-0.3, -0.25) is 0 Å². The lowest BCUT2D eigenvalue weighted by Crippen LogP contribution is -2.37. The first kappa shape index (κ1) is 17.1. The van der Waals surface area contributed by atoms with Gasteiger partial charge in [-0.2, -0.15) is 0 Å². The molecule has 0 radical (unpaired) electrons. The Morgan fingerprint density at radius 3 is 2.29 bits per heavy atom. The van der Waals surface area contributed by atoms with Crippen molar-refractivity contribution in [3.05, 3.63) is 35.4 Å². The van der Waals surface area contributed by atoms with Gasteiger partial charge in [-0.25, -0.2) is 0 Å². The number of hydrogen-bond acceptors (Lipinski definition) is 0.